The molecule has 0 radical (unpaired) electrons. The van der Waals surface area contributed by atoms with Gasteiger partial charge in [-0.2, -0.15) is 0 Å². The molecule has 2 unspecified atom stereocenters. The molecular weight excluding hydrogens is 252 g/mol. The van der Waals surface area contributed by atoms with Crippen LogP contribution in [0.25, 0.3) is 0 Å². The minimum absolute atomic E-state index is 0.546. The number of ether oxygens (including phenoxy) is 2. The number of hydrogen-bond acceptors (Lipinski definition) is 4. The highest BCUT2D eigenvalue weighted by Crippen LogP contribution is 2.39. The molecule has 0 aromatic heterocycles. The fourth-order valence-electron chi connectivity index (χ4n) is 3.24. The highest BCUT2D eigenvalue weighted by molar-refractivity contribution is 5.73. The van der Waals surface area contributed by atoms with E-state index in [1.165, 1.54) is 25.7 Å². The third-order valence-electron chi connectivity index (χ3n) is 4.48. The van der Waals surface area contributed by atoms with Crippen molar-refractivity contribution in [3.05, 3.63) is 12.1 Å². The van der Waals surface area contributed by atoms with Gasteiger partial charge in [-0.15, -0.1) is 0 Å². The molecule has 112 valence electrons. The van der Waals surface area contributed by atoms with Gasteiger partial charge in [0.15, 0.2) is 11.5 Å². The number of methoxy groups -OCH3 is 2. The van der Waals surface area contributed by atoms with Crippen LogP contribution in [0.1, 0.15) is 32.6 Å². The van der Waals surface area contributed by atoms with Gasteiger partial charge in [0.25, 0.3) is 0 Å². The Labute approximate surface area is 121 Å². The molecule has 0 amide bonds. The van der Waals surface area contributed by atoms with Crippen LogP contribution in [0.5, 0.6) is 11.5 Å². The van der Waals surface area contributed by atoms with E-state index >= 15 is 0 Å². The first kappa shape index (κ1) is 14.8. The van der Waals surface area contributed by atoms with E-state index in [0.717, 1.165) is 17.1 Å². The summed E-state index contributed by atoms with van der Waals surface area (Å²) < 4.78 is 10.7. The lowest BCUT2D eigenvalue weighted by molar-refractivity contribution is 0.321. The summed E-state index contributed by atoms with van der Waals surface area (Å²) in [4.78, 5) is 2.31. The number of nitrogens with zero attached hydrogens (tertiary/aromatic N) is 1. The summed E-state index contributed by atoms with van der Waals surface area (Å²) in [6.07, 6.45) is 5.16. The Kier molecular flexibility index (Phi) is 4.63. The maximum atomic E-state index is 6.20. The average molecular weight is 278 g/mol. The van der Waals surface area contributed by atoms with Crippen LogP contribution in [-0.4, -0.2) is 27.3 Å². The molecule has 2 atom stereocenters. The highest BCUT2D eigenvalue weighted by Gasteiger charge is 2.26. The molecule has 1 aliphatic carbocycles. The number of anilines is 2. The molecule has 0 saturated heterocycles. The van der Waals surface area contributed by atoms with Crippen molar-refractivity contribution in [1.82, 2.24) is 0 Å². The van der Waals surface area contributed by atoms with Crippen molar-refractivity contribution >= 4 is 11.4 Å². The van der Waals surface area contributed by atoms with Gasteiger partial charge in [0.05, 0.1) is 25.6 Å². The summed E-state index contributed by atoms with van der Waals surface area (Å²) in [5.41, 5.74) is 7.96. The van der Waals surface area contributed by atoms with Crippen molar-refractivity contribution < 1.29 is 9.47 Å². The van der Waals surface area contributed by atoms with Gasteiger partial charge >= 0.3 is 0 Å². The Morgan fingerprint density at radius 2 is 1.70 bits per heavy atom. The number of benzene rings is 1. The lowest BCUT2D eigenvalue weighted by Crippen LogP contribution is -2.39. The van der Waals surface area contributed by atoms with Gasteiger partial charge in [-0.05, 0) is 18.8 Å². The van der Waals surface area contributed by atoms with Crippen LogP contribution < -0.4 is 20.1 Å². The van der Waals surface area contributed by atoms with Crippen LogP contribution in [0.15, 0.2) is 12.1 Å². The largest absolute Gasteiger partial charge is 0.493 e. The Balaban J connectivity index is 2.31. The van der Waals surface area contributed by atoms with Crippen LogP contribution in [0.4, 0.5) is 11.4 Å². The molecule has 0 heterocycles. The molecule has 20 heavy (non-hydrogen) atoms. The minimum atomic E-state index is 0.546. The quantitative estimate of drug-likeness (QED) is 0.858. The molecule has 2 rings (SSSR count). The third kappa shape index (κ3) is 2.79. The summed E-state index contributed by atoms with van der Waals surface area (Å²) in [5.74, 6) is 2.10. The first-order valence-corrected chi connectivity index (χ1v) is 7.32. The molecule has 1 fully saturated rings. The molecule has 1 aromatic rings. The Morgan fingerprint density at radius 3 is 2.30 bits per heavy atom. The van der Waals surface area contributed by atoms with Crippen molar-refractivity contribution in [2.45, 2.75) is 38.6 Å². The van der Waals surface area contributed by atoms with E-state index in [9.17, 15) is 0 Å². The lowest BCUT2D eigenvalue weighted by atomic mass is 9.85. The second-order valence-electron chi connectivity index (χ2n) is 5.71. The van der Waals surface area contributed by atoms with Crippen LogP contribution in [0.3, 0.4) is 0 Å². The Hall–Kier alpha value is -1.58. The van der Waals surface area contributed by atoms with Crippen molar-refractivity contribution in [2.75, 3.05) is 31.9 Å². The van der Waals surface area contributed by atoms with Crippen molar-refractivity contribution in [1.29, 1.82) is 0 Å². The zero-order chi connectivity index (χ0) is 14.7. The van der Waals surface area contributed by atoms with E-state index in [-0.39, 0.29) is 0 Å². The van der Waals surface area contributed by atoms with Crippen LogP contribution in [0.2, 0.25) is 0 Å². The van der Waals surface area contributed by atoms with E-state index in [1.807, 2.05) is 12.1 Å². The number of nitrogen functional groups attached to an aromatic ring is 1. The van der Waals surface area contributed by atoms with Crippen molar-refractivity contribution in [3.63, 3.8) is 0 Å². The van der Waals surface area contributed by atoms with Gasteiger partial charge in [-0.25, -0.2) is 0 Å². The molecule has 2 N–H and O–H groups in total. The second-order valence-corrected chi connectivity index (χ2v) is 5.71. The zero-order valence-electron chi connectivity index (χ0n) is 13.0. The van der Waals surface area contributed by atoms with Gasteiger partial charge in [-0.3, -0.25) is 0 Å². The van der Waals surface area contributed by atoms with Gasteiger partial charge < -0.3 is 20.1 Å². The minimum Gasteiger partial charge on any atom is -0.493 e. The van der Waals surface area contributed by atoms with Crippen molar-refractivity contribution in [2.24, 2.45) is 5.92 Å². The SMILES string of the molecule is COc1cc(N)c(N(C)C2CCCCC2C)cc1OC. The molecule has 4 nitrogen and oxygen atoms in total. The predicted octanol–water partition coefficient (Wildman–Crippen LogP) is 3.30. The first-order chi connectivity index (χ1) is 9.58. The fraction of sp³-hybridized carbons (Fsp3) is 0.625. The smallest absolute Gasteiger partial charge is 0.162 e. The normalized spacial score (nSPS) is 22.4. The topological polar surface area (TPSA) is 47.7 Å². The maximum absolute atomic E-state index is 6.20. The Bertz CT molecular complexity index is 462. The summed E-state index contributed by atoms with van der Waals surface area (Å²) >= 11 is 0. The van der Waals surface area contributed by atoms with E-state index in [0.29, 0.717) is 17.7 Å². The monoisotopic (exact) mass is 278 g/mol. The molecule has 4 heteroatoms. The maximum Gasteiger partial charge on any atom is 0.162 e. The predicted molar refractivity (Wildman–Crippen MR) is 83.8 cm³/mol. The Morgan fingerprint density at radius 1 is 1.10 bits per heavy atom. The summed E-state index contributed by atoms with van der Waals surface area (Å²) in [5, 5.41) is 0. The number of rotatable bonds is 4. The van der Waals surface area contributed by atoms with E-state index in [1.54, 1.807) is 14.2 Å². The van der Waals surface area contributed by atoms with E-state index in [4.69, 9.17) is 15.2 Å². The van der Waals surface area contributed by atoms with E-state index in [2.05, 4.69) is 18.9 Å². The lowest BCUT2D eigenvalue weighted by Gasteiger charge is -2.38. The van der Waals surface area contributed by atoms with Gasteiger partial charge in [-0.1, -0.05) is 19.8 Å². The number of hydrogen-bond donors (Lipinski definition) is 1. The van der Waals surface area contributed by atoms with E-state index < -0.39 is 0 Å². The van der Waals surface area contributed by atoms with Gasteiger partial charge in [0.2, 0.25) is 0 Å². The third-order valence-corrected chi connectivity index (χ3v) is 4.48. The molecule has 0 bridgehead atoms. The summed E-state index contributed by atoms with van der Waals surface area (Å²) in [7, 11) is 5.41. The second kappa shape index (κ2) is 6.25. The van der Waals surface area contributed by atoms with Gasteiger partial charge in [0, 0.05) is 25.2 Å². The average Bonchev–Trinajstić information content (AvgIpc) is 2.46. The van der Waals surface area contributed by atoms with Gasteiger partial charge in [0.1, 0.15) is 0 Å². The molecule has 1 saturated carbocycles. The molecular formula is C16H26N2O2. The number of nitrogens with two attached hydrogens (primary N) is 1. The van der Waals surface area contributed by atoms with Crippen molar-refractivity contribution in [3.8, 4) is 11.5 Å². The standard InChI is InChI=1S/C16H26N2O2/c1-11-7-5-6-8-13(11)18(2)14-10-16(20-4)15(19-3)9-12(14)17/h9-11,13H,5-8,17H2,1-4H3. The zero-order valence-corrected chi connectivity index (χ0v) is 13.0. The van der Waals surface area contributed by atoms with Crippen LogP contribution in [-0.2, 0) is 0 Å². The highest BCUT2D eigenvalue weighted by atomic mass is 16.5. The fourth-order valence-corrected chi connectivity index (χ4v) is 3.24. The molecule has 0 aliphatic heterocycles. The molecule has 0 spiro atoms. The van der Waals surface area contributed by atoms with Crippen LogP contribution >= 0.6 is 0 Å². The first-order valence-electron chi connectivity index (χ1n) is 7.32. The molecule has 1 aliphatic rings. The summed E-state index contributed by atoms with van der Waals surface area (Å²) in [6.45, 7) is 2.33. The molecule has 1 aromatic carbocycles. The summed E-state index contributed by atoms with van der Waals surface area (Å²) in [6, 6.07) is 4.37. The van der Waals surface area contributed by atoms with Crippen LogP contribution in [0, 0.1) is 5.92 Å².